The largest absolute Gasteiger partial charge is 0.383 e. The molecule has 0 aliphatic rings. The van der Waals surface area contributed by atoms with Gasteiger partial charge in [-0.1, -0.05) is 6.07 Å². The number of H-pyrrole nitrogens is 1. The molecule has 0 unspecified atom stereocenters. The number of rotatable bonds is 6. The number of anilines is 1. The topological polar surface area (TPSA) is 71.9 Å². The van der Waals surface area contributed by atoms with Crippen molar-refractivity contribution in [3.63, 3.8) is 0 Å². The number of ether oxygens (including phenoxy) is 1. The molecule has 0 aliphatic heterocycles. The second-order valence-electron chi connectivity index (χ2n) is 6.57. The first kappa shape index (κ1) is 17.2. The number of aromatic nitrogens is 5. The summed E-state index contributed by atoms with van der Waals surface area (Å²) in [5, 5.41) is 8.74. The standard InChI is InChI=1S/C20H22N6O/c1-25-12-18(22-13-25)14-4-5-17-16(10-14)20(24-23-17)15-6-7-21-19(11-15)26(2)8-9-27-3/h4-7,10-13H,8-9H2,1-3H3,(H,23,24). The molecule has 0 radical (unpaired) electrons. The summed E-state index contributed by atoms with van der Waals surface area (Å²) >= 11 is 0. The lowest BCUT2D eigenvalue weighted by atomic mass is 10.0. The number of nitrogens with one attached hydrogen (secondary N) is 1. The summed E-state index contributed by atoms with van der Waals surface area (Å²) in [6.45, 7) is 1.43. The van der Waals surface area contributed by atoms with Crippen molar-refractivity contribution in [3.05, 3.63) is 49.1 Å². The number of hydrogen-bond donors (Lipinski definition) is 1. The van der Waals surface area contributed by atoms with E-state index in [1.54, 1.807) is 13.4 Å². The van der Waals surface area contributed by atoms with Gasteiger partial charge in [0, 0.05) is 56.7 Å². The van der Waals surface area contributed by atoms with Gasteiger partial charge in [-0.25, -0.2) is 9.97 Å². The average molecular weight is 362 g/mol. The maximum atomic E-state index is 5.16. The van der Waals surface area contributed by atoms with Crippen molar-refractivity contribution in [3.8, 4) is 22.5 Å². The summed E-state index contributed by atoms with van der Waals surface area (Å²) in [7, 11) is 5.68. The Labute approximate surface area is 157 Å². The number of pyridine rings is 1. The molecule has 4 rings (SSSR count). The van der Waals surface area contributed by atoms with E-state index < -0.39 is 0 Å². The van der Waals surface area contributed by atoms with Crippen LogP contribution in [0.2, 0.25) is 0 Å². The average Bonchev–Trinajstić information content (AvgIpc) is 3.31. The van der Waals surface area contributed by atoms with E-state index in [2.05, 4.69) is 43.3 Å². The summed E-state index contributed by atoms with van der Waals surface area (Å²) in [4.78, 5) is 11.0. The minimum absolute atomic E-state index is 0.654. The van der Waals surface area contributed by atoms with Gasteiger partial charge in [0.1, 0.15) is 11.5 Å². The predicted octanol–water partition coefficient (Wildman–Crippen LogP) is 3.11. The van der Waals surface area contributed by atoms with Crippen LogP contribution in [0.4, 0.5) is 5.82 Å². The zero-order valence-electron chi connectivity index (χ0n) is 15.7. The van der Waals surface area contributed by atoms with Gasteiger partial charge in [-0.3, -0.25) is 5.10 Å². The highest BCUT2D eigenvalue weighted by atomic mass is 16.5. The fraction of sp³-hybridized carbons (Fsp3) is 0.250. The number of methoxy groups -OCH3 is 1. The molecule has 4 aromatic rings. The van der Waals surface area contributed by atoms with Crippen LogP contribution in [0, 0.1) is 0 Å². The van der Waals surface area contributed by atoms with Crippen LogP contribution in [0.3, 0.4) is 0 Å². The molecule has 7 nitrogen and oxygen atoms in total. The number of fused-ring (bicyclic) bond motifs is 1. The second-order valence-corrected chi connectivity index (χ2v) is 6.57. The number of imidazole rings is 1. The number of nitrogens with zero attached hydrogens (tertiary/aromatic N) is 5. The van der Waals surface area contributed by atoms with Gasteiger partial charge in [-0.05, 0) is 24.3 Å². The third-order valence-corrected chi connectivity index (χ3v) is 4.60. The fourth-order valence-electron chi connectivity index (χ4n) is 3.07. The van der Waals surface area contributed by atoms with Gasteiger partial charge in [-0.15, -0.1) is 0 Å². The smallest absolute Gasteiger partial charge is 0.128 e. The second kappa shape index (κ2) is 7.20. The molecule has 0 fully saturated rings. The van der Waals surface area contributed by atoms with Crippen LogP contribution >= 0.6 is 0 Å². The normalized spacial score (nSPS) is 11.2. The molecular weight excluding hydrogens is 340 g/mol. The number of aryl methyl sites for hydroxylation is 1. The van der Waals surface area contributed by atoms with Crippen LogP contribution in [0.1, 0.15) is 0 Å². The first-order valence-electron chi connectivity index (χ1n) is 8.78. The van der Waals surface area contributed by atoms with Crippen molar-refractivity contribution >= 4 is 16.7 Å². The molecule has 7 heteroatoms. The minimum atomic E-state index is 0.654. The van der Waals surface area contributed by atoms with Gasteiger partial charge in [0.05, 0.1) is 24.1 Å². The molecule has 138 valence electrons. The van der Waals surface area contributed by atoms with E-state index in [1.165, 1.54) is 0 Å². The van der Waals surface area contributed by atoms with Gasteiger partial charge < -0.3 is 14.2 Å². The monoisotopic (exact) mass is 362 g/mol. The number of aromatic amines is 1. The molecule has 0 saturated carbocycles. The van der Waals surface area contributed by atoms with Crippen molar-refractivity contribution in [2.45, 2.75) is 0 Å². The van der Waals surface area contributed by atoms with Gasteiger partial charge in [-0.2, -0.15) is 5.10 Å². The number of hydrogen-bond acceptors (Lipinski definition) is 5. The molecule has 3 aromatic heterocycles. The maximum Gasteiger partial charge on any atom is 0.128 e. The maximum absolute atomic E-state index is 5.16. The Morgan fingerprint density at radius 1 is 1.15 bits per heavy atom. The Kier molecular flexibility index (Phi) is 4.60. The van der Waals surface area contributed by atoms with Gasteiger partial charge in [0.15, 0.2) is 0 Å². The van der Waals surface area contributed by atoms with Crippen molar-refractivity contribution in [2.75, 3.05) is 32.2 Å². The van der Waals surface area contributed by atoms with Gasteiger partial charge in [0.25, 0.3) is 0 Å². The molecule has 0 saturated heterocycles. The van der Waals surface area contributed by atoms with Crippen LogP contribution < -0.4 is 4.90 Å². The Morgan fingerprint density at radius 2 is 2.04 bits per heavy atom. The van der Waals surface area contributed by atoms with E-state index in [1.807, 2.05) is 43.2 Å². The van der Waals surface area contributed by atoms with E-state index in [9.17, 15) is 0 Å². The number of likely N-dealkylation sites (N-methyl/N-ethyl adjacent to an activating group) is 1. The Balaban J connectivity index is 1.73. The molecule has 0 aliphatic carbocycles. The fourth-order valence-corrected chi connectivity index (χ4v) is 3.07. The van der Waals surface area contributed by atoms with Crippen molar-refractivity contribution < 1.29 is 4.74 Å². The molecule has 0 amide bonds. The Hall–Kier alpha value is -3.19. The van der Waals surface area contributed by atoms with Crippen LogP contribution in [0.15, 0.2) is 49.1 Å². The van der Waals surface area contributed by atoms with Gasteiger partial charge in [0.2, 0.25) is 0 Å². The molecular formula is C20H22N6O. The highest BCUT2D eigenvalue weighted by Gasteiger charge is 2.12. The molecule has 0 spiro atoms. The van der Waals surface area contributed by atoms with E-state index >= 15 is 0 Å². The lowest BCUT2D eigenvalue weighted by Crippen LogP contribution is -2.22. The SMILES string of the molecule is COCCN(C)c1cc(-c2n[nH]c3ccc(-c4cn(C)cn4)cc23)ccn1. The molecule has 1 N–H and O–H groups in total. The zero-order chi connectivity index (χ0) is 18.8. The zero-order valence-corrected chi connectivity index (χ0v) is 15.7. The Bertz CT molecular complexity index is 1070. The van der Waals surface area contributed by atoms with Crippen LogP contribution in [-0.2, 0) is 11.8 Å². The molecule has 0 bridgehead atoms. The lowest BCUT2D eigenvalue weighted by Gasteiger charge is -2.17. The molecule has 0 atom stereocenters. The lowest BCUT2D eigenvalue weighted by molar-refractivity contribution is 0.206. The van der Waals surface area contributed by atoms with Crippen molar-refractivity contribution in [1.29, 1.82) is 0 Å². The first-order chi connectivity index (χ1) is 13.2. The van der Waals surface area contributed by atoms with E-state index in [0.29, 0.717) is 6.61 Å². The minimum Gasteiger partial charge on any atom is -0.383 e. The molecule has 1 aromatic carbocycles. The highest BCUT2D eigenvalue weighted by molar-refractivity contribution is 5.95. The number of benzene rings is 1. The summed E-state index contributed by atoms with van der Waals surface area (Å²) in [5.74, 6) is 0.890. The quantitative estimate of drug-likeness (QED) is 0.571. The van der Waals surface area contributed by atoms with Crippen molar-refractivity contribution in [1.82, 2.24) is 24.7 Å². The van der Waals surface area contributed by atoms with Crippen LogP contribution in [-0.4, -0.2) is 52.0 Å². The van der Waals surface area contributed by atoms with Crippen molar-refractivity contribution in [2.24, 2.45) is 7.05 Å². The van der Waals surface area contributed by atoms with Gasteiger partial charge >= 0.3 is 0 Å². The molecule has 27 heavy (non-hydrogen) atoms. The van der Waals surface area contributed by atoms with Crippen LogP contribution in [0.25, 0.3) is 33.4 Å². The highest BCUT2D eigenvalue weighted by Crippen LogP contribution is 2.31. The molecule has 3 heterocycles. The summed E-state index contributed by atoms with van der Waals surface area (Å²) in [6.07, 6.45) is 5.63. The Morgan fingerprint density at radius 3 is 2.81 bits per heavy atom. The predicted molar refractivity (Wildman–Crippen MR) is 107 cm³/mol. The van der Waals surface area contributed by atoms with Crippen LogP contribution in [0.5, 0.6) is 0 Å². The van der Waals surface area contributed by atoms with E-state index in [0.717, 1.165) is 45.8 Å². The third-order valence-electron chi connectivity index (χ3n) is 4.60. The van der Waals surface area contributed by atoms with E-state index in [4.69, 9.17) is 4.74 Å². The summed E-state index contributed by atoms with van der Waals surface area (Å²) < 4.78 is 7.10. The van der Waals surface area contributed by atoms with E-state index in [-0.39, 0.29) is 0 Å². The summed E-state index contributed by atoms with van der Waals surface area (Å²) in [6, 6.07) is 10.3. The third kappa shape index (κ3) is 3.41. The first-order valence-corrected chi connectivity index (χ1v) is 8.78. The summed E-state index contributed by atoms with van der Waals surface area (Å²) in [5.41, 5.74) is 4.94.